The molecule has 8 rings (SSSR count). The van der Waals surface area contributed by atoms with Crippen molar-refractivity contribution < 1.29 is 39.4 Å². The van der Waals surface area contributed by atoms with Crippen molar-refractivity contribution in [2.75, 3.05) is 0 Å². The number of furan rings is 1. The molecular weight excluding hydrogens is 536 g/mol. The van der Waals surface area contributed by atoms with Crippen molar-refractivity contribution in [2.24, 2.45) is 11.8 Å². The van der Waals surface area contributed by atoms with Gasteiger partial charge in [0.25, 0.3) is 5.79 Å². The molecule has 8 nitrogen and oxygen atoms in total. The maximum absolute atomic E-state index is 11.6. The van der Waals surface area contributed by atoms with Crippen LogP contribution < -0.4 is 9.47 Å². The minimum Gasteiger partial charge on any atom is -0.508 e. The van der Waals surface area contributed by atoms with E-state index in [4.69, 9.17) is 13.9 Å². The van der Waals surface area contributed by atoms with Gasteiger partial charge in [0, 0.05) is 40.6 Å². The maximum atomic E-state index is 11.6. The summed E-state index contributed by atoms with van der Waals surface area (Å²) in [5, 5.41) is 53.9. The molecule has 1 aliphatic carbocycles. The average Bonchev–Trinajstić information content (AvgIpc) is 3.35. The van der Waals surface area contributed by atoms with Crippen molar-refractivity contribution in [1.29, 1.82) is 0 Å². The first-order valence-corrected chi connectivity index (χ1v) is 14.0. The molecule has 5 atom stereocenters. The monoisotopic (exact) mass is 564 g/mol. The normalized spacial score (nSPS) is 25.5. The second-order valence-corrected chi connectivity index (χ2v) is 11.9. The Balaban J connectivity index is 1.37. The third kappa shape index (κ3) is 3.47. The topological polar surface area (TPSA) is 133 Å². The summed E-state index contributed by atoms with van der Waals surface area (Å²) in [4.78, 5) is 0. The van der Waals surface area contributed by atoms with Gasteiger partial charge in [-0.25, -0.2) is 0 Å². The number of rotatable bonds is 2. The highest BCUT2D eigenvalue weighted by molar-refractivity contribution is 5.84. The predicted octanol–water partition coefficient (Wildman–Crippen LogP) is 7.18. The van der Waals surface area contributed by atoms with E-state index in [2.05, 4.69) is 6.92 Å². The SMILES string of the molecule is CC1CC2c3ccc(O)cc3OC3(c4ccc(O)cc4O)Oc4cc(-c5cc6ccc(O)cc6o5)cc(O)c4C(C1)C23. The molecule has 8 heteroatoms. The summed E-state index contributed by atoms with van der Waals surface area (Å²) >= 11 is 0. The van der Waals surface area contributed by atoms with Crippen molar-refractivity contribution in [3.8, 4) is 51.6 Å². The highest BCUT2D eigenvalue weighted by Gasteiger charge is 2.62. The van der Waals surface area contributed by atoms with Crippen LogP contribution in [0.1, 0.15) is 48.3 Å². The summed E-state index contributed by atoms with van der Waals surface area (Å²) in [6, 6.07) is 19.6. The molecule has 0 amide bonds. The minimum absolute atomic E-state index is 0.0461. The van der Waals surface area contributed by atoms with Crippen LogP contribution in [0.15, 0.2) is 77.2 Å². The molecule has 5 unspecified atom stereocenters. The molecule has 1 saturated carbocycles. The smallest absolute Gasteiger partial charge is 0.285 e. The molecule has 3 heterocycles. The lowest BCUT2D eigenvalue weighted by atomic mass is 9.57. The number of phenols is 5. The first-order chi connectivity index (χ1) is 20.2. The molecule has 0 bridgehead atoms. The minimum atomic E-state index is -1.52. The number of aromatic hydroxyl groups is 5. The lowest BCUT2D eigenvalue weighted by Crippen LogP contribution is -2.57. The van der Waals surface area contributed by atoms with E-state index in [9.17, 15) is 25.5 Å². The maximum Gasteiger partial charge on any atom is 0.285 e. The van der Waals surface area contributed by atoms with Crippen LogP contribution in [0.25, 0.3) is 22.3 Å². The molecule has 1 aromatic heterocycles. The number of hydrogen-bond acceptors (Lipinski definition) is 8. The van der Waals surface area contributed by atoms with E-state index in [1.54, 1.807) is 42.5 Å². The van der Waals surface area contributed by atoms with Crippen LogP contribution in [0.5, 0.6) is 40.2 Å². The van der Waals surface area contributed by atoms with Crippen LogP contribution in [0.3, 0.4) is 0 Å². The molecule has 0 saturated heterocycles. The van der Waals surface area contributed by atoms with Gasteiger partial charge < -0.3 is 39.4 Å². The first-order valence-electron chi connectivity index (χ1n) is 14.0. The van der Waals surface area contributed by atoms with Gasteiger partial charge in [0.2, 0.25) is 0 Å². The van der Waals surface area contributed by atoms with Gasteiger partial charge in [-0.1, -0.05) is 13.0 Å². The molecule has 1 fully saturated rings. The number of phenolic OH excluding ortho intramolecular Hbond substituents is 5. The van der Waals surface area contributed by atoms with Crippen LogP contribution in [0.2, 0.25) is 0 Å². The lowest BCUT2D eigenvalue weighted by Gasteiger charge is -2.56. The molecule has 5 aromatic rings. The van der Waals surface area contributed by atoms with E-state index in [1.165, 1.54) is 18.2 Å². The zero-order valence-corrected chi connectivity index (χ0v) is 22.6. The largest absolute Gasteiger partial charge is 0.508 e. The van der Waals surface area contributed by atoms with Gasteiger partial charge in [0.05, 0.1) is 11.5 Å². The fraction of sp³-hybridized carbons (Fsp3) is 0.235. The molecular formula is C34H28O8. The number of hydrogen-bond donors (Lipinski definition) is 5. The van der Waals surface area contributed by atoms with Crippen molar-refractivity contribution in [2.45, 2.75) is 37.4 Å². The quantitative estimate of drug-likeness (QED) is 0.152. The van der Waals surface area contributed by atoms with Gasteiger partial charge in [-0.05, 0) is 78.8 Å². The Kier molecular flexibility index (Phi) is 5.03. The summed E-state index contributed by atoms with van der Waals surface area (Å²) < 4.78 is 19.6. The Morgan fingerprint density at radius 3 is 2.24 bits per heavy atom. The van der Waals surface area contributed by atoms with Crippen LogP contribution in [-0.2, 0) is 5.79 Å². The van der Waals surface area contributed by atoms with E-state index in [1.807, 2.05) is 12.1 Å². The third-order valence-electron chi connectivity index (χ3n) is 9.17. The van der Waals surface area contributed by atoms with Crippen LogP contribution in [0, 0.1) is 11.8 Å². The van der Waals surface area contributed by atoms with Crippen molar-refractivity contribution in [3.05, 3.63) is 89.5 Å². The van der Waals surface area contributed by atoms with Crippen LogP contribution in [0.4, 0.5) is 0 Å². The fourth-order valence-electron chi connectivity index (χ4n) is 7.56. The summed E-state index contributed by atoms with van der Waals surface area (Å²) in [5.74, 6) is -0.565. The predicted molar refractivity (Wildman–Crippen MR) is 153 cm³/mol. The van der Waals surface area contributed by atoms with E-state index in [0.29, 0.717) is 45.5 Å². The highest BCUT2D eigenvalue weighted by atomic mass is 16.7. The molecule has 42 heavy (non-hydrogen) atoms. The lowest BCUT2D eigenvalue weighted by molar-refractivity contribution is -0.209. The van der Waals surface area contributed by atoms with Crippen LogP contribution >= 0.6 is 0 Å². The van der Waals surface area contributed by atoms with Crippen molar-refractivity contribution >= 4 is 11.0 Å². The summed E-state index contributed by atoms with van der Waals surface area (Å²) in [5.41, 5.74) is 3.04. The summed E-state index contributed by atoms with van der Waals surface area (Å²) in [7, 11) is 0. The Hall–Kier alpha value is -4.98. The Morgan fingerprint density at radius 2 is 1.40 bits per heavy atom. The van der Waals surface area contributed by atoms with Gasteiger partial charge in [0.15, 0.2) is 0 Å². The molecule has 3 aliphatic rings. The number of fused-ring (bicyclic) bond motifs is 5. The highest BCUT2D eigenvalue weighted by Crippen LogP contribution is 2.66. The zero-order valence-electron chi connectivity index (χ0n) is 22.6. The Morgan fingerprint density at radius 1 is 0.690 bits per heavy atom. The molecule has 212 valence electrons. The third-order valence-corrected chi connectivity index (χ3v) is 9.17. The van der Waals surface area contributed by atoms with Gasteiger partial charge in [0.1, 0.15) is 51.6 Å². The van der Waals surface area contributed by atoms with E-state index in [0.717, 1.165) is 23.8 Å². The second-order valence-electron chi connectivity index (χ2n) is 11.9. The second kappa shape index (κ2) is 8.52. The summed E-state index contributed by atoms with van der Waals surface area (Å²) in [6.45, 7) is 2.19. The zero-order chi connectivity index (χ0) is 28.9. The van der Waals surface area contributed by atoms with Crippen molar-refractivity contribution in [1.82, 2.24) is 0 Å². The summed E-state index contributed by atoms with van der Waals surface area (Å²) in [6.07, 6.45) is 1.58. The first kappa shape index (κ1) is 24.8. The fourth-order valence-corrected chi connectivity index (χ4v) is 7.56. The Labute approximate surface area is 240 Å². The molecule has 4 aromatic carbocycles. The molecule has 0 radical (unpaired) electrons. The van der Waals surface area contributed by atoms with Gasteiger partial charge in [-0.15, -0.1) is 0 Å². The standard InChI is InChI=1S/C34H28O8/c1-16-8-23-22-6-4-21(37)15-30(22)41-34(25-7-5-19(35)13-26(25)38)33(23)24(9-16)32-27(39)10-18(12-31(32)42-34)28-11-17-2-3-20(36)14-29(17)40-28/h2-7,10-16,23-24,33,35-39H,8-9H2,1H3. The van der Waals surface area contributed by atoms with Gasteiger partial charge in [-0.3, -0.25) is 0 Å². The Bertz CT molecular complexity index is 1910. The van der Waals surface area contributed by atoms with Gasteiger partial charge >= 0.3 is 0 Å². The van der Waals surface area contributed by atoms with E-state index in [-0.39, 0.29) is 46.5 Å². The number of benzene rings is 4. The molecule has 5 N–H and O–H groups in total. The van der Waals surface area contributed by atoms with Gasteiger partial charge in [-0.2, -0.15) is 0 Å². The van der Waals surface area contributed by atoms with Crippen LogP contribution in [-0.4, -0.2) is 25.5 Å². The molecule has 2 aliphatic heterocycles. The number of ether oxygens (including phenoxy) is 2. The molecule has 0 spiro atoms. The van der Waals surface area contributed by atoms with Crippen molar-refractivity contribution in [3.63, 3.8) is 0 Å². The average molecular weight is 565 g/mol. The van der Waals surface area contributed by atoms with E-state index >= 15 is 0 Å². The van der Waals surface area contributed by atoms with E-state index < -0.39 is 5.79 Å².